The van der Waals surface area contributed by atoms with E-state index in [1.807, 2.05) is 6.92 Å². The molecule has 0 aromatic carbocycles. The summed E-state index contributed by atoms with van der Waals surface area (Å²) in [5.74, 6) is -0.767. The first-order valence-electron chi connectivity index (χ1n) is 4.52. The van der Waals surface area contributed by atoms with Gasteiger partial charge in [0.25, 0.3) is 0 Å². The third-order valence-corrected chi connectivity index (χ3v) is 2.93. The predicted octanol–water partition coefficient (Wildman–Crippen LogP) is 2.33. The van der Waals surface area contributed by atoms with E-state index in [1.165, 1.54) is 12.3 Å². The maximum atomic E-state index is 13.1. The molecule has 0 aliphatic carbocycles. The van der Waals surface area contributed by atoms with Gasteiger partial charge in [-0.15, -0.1) is 11.3 Å². The summed E-state index contributed by atoms with van der Waals surface area (Å²) in [7, 11) is 0. The number of rotatable bonds is 3. The lowest BCUT2D eigenvalue weighted by Crippen LogP contribution is -1.99. The van der Waals surface area contributed by atoms with Crippen LogP contribution in [0.2, 0.25) is 0 Å². The van der Waals surface area contributed by atoms with E-state index in [2.05, 4.69) is 5.10 Å². The number of aryl methyl sites for hydroxylation is 1. The molecule has 0 atom stereocenters. The molecule has 0 aliphatic rings. The fraction of sp³-hybridized carbons (Fsp3) is 0.200. The van der Waals surface area contributed by atoms with Crippen LogP contribution in [-0.2, 0) is 6.54 Å². The molecule has 0 saturated heterocycles. The fourth-order valence-corrected chi connectivity index (χ4v) is 1.97. The molecule has 5 heteroatoms. The molecule has 2 aromatic rings. The summed E-state index contributed by atoms with van der Waals surface area (Å²) in [6.45, 7) is 2.62. The Bertz CT molecular complexity index is 489. The maximum Gasteiger partial charge on any atom is 0.209 e. The summed E-state index contributed by atoms with van der Waals surface area (Å²) < 4.78 is 14.8. The van der Waals surface area contributed by atoms with Gasteiger partial charge in [0.05, 0.1) is 11.8 Å². The lowest BCUT2D eigenvalue weighted by molar-refractivity contribution is 0.103. The molecule has 0 radical (unpaired) electrons. The number of nitrogens with zero attached hydrogens (tertiary/aromatic N) is 2. The van der Waals surface area contributed by atoms with Crippen LogP contribution in [0.15, 0.2) is 23.8 Å². The van der Waals surface area contributed by atoms with Gasteiger partial charge in [0, 0.05) is 12.7 Å². The Balaban J connectivity index is 2.32. The Morgan fingerprint density at radius 2 is 2.47 bits per heavy atom. The van der Waals surface area contributed by atoms with Crippen LogP contribution in [0.25, 0.3) is 0 Å². The third-order valence-electron chi connectivity index (χ3n) is 2.04. The molecule has 0 N–H and O–H groups in total. The lowest BCUT2D eigenvalue weighted by Gasteiger charge is -1.93. The average Bonchev–Trinajstić information content (AvgIpc) is 2.84. The van der Waals surface area contributed by atoms with Crippen molar-refractivity contribution in [2.24, 2.45) is 0 Å². The molecule has 0 aliphatic heterocycles. The minimum absolute atomic E-state index is 0.144. The minimum Gasteiger partial charge on any atom is -0.287 e. The van der Waals surface area contributed by atoms with Crippen LogP contribution in [0.3, 0.4) is 0 Å². The molecule has 15 heavy (non-hydrogen) atoms. The number of aromatic nitrogens is 2. The average molecular weight is 224 g/mol. The van der Waals surface area contributed by atoms with Crippen LogP contribution in [0.1, 0.15) is 22.2 Å². The molecular formula is C10H9FN2OS. The van der Waals surface area contributed by atoms with Crippen molar-refractivity contribution in [1.29, 1.82) is 0 Å². The van der Waals surface area contributed by atoms with E-state index in [1.54, 1.807) is 16.3 Å². The quantitative estimate of drug-likeness (QED) is 0.750. The van der Waals surface area contributed by atoms with E-state index in [0.717, 1.165) is 11.3 Å². The van der Waals surface area contributed by atoms with E-state index in [0.29, 0.717) is 12.1 Å². The van der Waals surface area contributed by atoms with Crippen molar-refractivity contribution < 1.29 is 9.18 Å². The highest BCUT2D eigenvalue weighted by molar-refractivity contribution is 7.12. The highest BCUT2D eigenvalue weighted by atomic mass is 32.1. The molecule has 0 unspecified atom stereocenters. The monoisotopic (exact) mass is 224 g/mol. The first kappa shape index (κ1) is 10.0. The van der Waals surface area contributed by atoms with Crippen molar-refractivity contribution >= 4 is 17.1 Å². The highest BCUT2D eigenvalue weighted by Gasteiger charge is 2.16. The fourth-order valence-electron chi connectivity index (χ4n) is 1.24. The van der Waals surface area contributed by atoms with Gasteiger partial charge in [-0.1, -0.05) is 0 Å². The van der Waals surface area contributed by atoms with Crippen molar-refractivity contribution in [2.45, 2.75) is 13.5 Å². The second kappa shape index (κ2) is 3.94. The van der Waals surface area contributed by atoms with Gasteiger partial charge in [-0.2, -0.15) is 5.10 Å². The summed E-state index contributed by atoms with van der Waals surface area (Å²) in [4.78, 5) is 11.9. The SMILES string of the molecule is CCn1cc(C(=O)c2sccc2F)cn1. The summed E-state index contributed by atoms with van der Waals surface area (Å²) in [5, 5.41) is 5.54. The number of thiophene rings is 1. The smallest absolute Gasteiger partial charge is 0.209 e. The summed E-state index contributed by atoms with van der Waals surface area (Å²) in [5.41, 5.74) is 0.429. The Hall–Kier alpha value is -1.49. The van der Waals surface area contributed by atoms with Crippen LogP contribution in [-0.4, -0.2) is 15.6 Å². The summed E-state index contributed by atoms with van der Waals surface area (Å²) >= 11 is 1.11. The predicted molar refractivity (Wildman–Crippen MR) is 55.6 cm³/mol. The van der Waals surface area contributed by atoms with E-state index >= 15 is 0 Å². The van der Waals surface area contributed by atoms with Crippen molar-refractivity contribution in [2.75, 3.05) is 0 Å². The van der Waals surface area contributed by atoms with Gasteiger partial charge in [0.15, 0.2) is 0 Å². The van der Waals surface area contributed by atoms with Crippen molar-refractivity contribution in [3.8, 4) is 0 Å². The zero-order chi connectivity index (χ0) is 10.8. The Kier molecular flexibility index (Phi) is 2.64. The van der Waals surface area contributed by atoms with Gasteiger partial charge in [0.2, 0.25) is 5.78 Å². The van der Waals surface area contributed by atoms with Crippen molar-refractivity contribution in [1.82, 2.24) is 9.78 Å². The van der Waals surface area contributed by atoms with Gasteiger partial charge >= 0.3 is 0 Å². The molecule has 78 valence electrons. The zero-order valence-electron chi connectivity index (χ0n) is 8.11. The van der Waals surface area contributed by atoms with Gasteiger partial charge in [-0.25, -0.2) is 4.39 Å². The zero-order valence-corrected chi connectivity index (χ0v) is 8.92. The summed E-state index contributed by atoms with van der Waals surface area (Å²) in [6, 6.07) is 1.29. The molecule has 0 amide bonds. The summed E-state index contributed by atoms with van der Waals surface area (Å²) in [6.07, 6.45) is 3.09. The standard InChI is InChI=1S/C10H9FN2OS/c1-2-13-6-7(5-12-13)9(14)10-8(11)3-4-15-10/h3-6H,2H2,1H3. The molecule has 3 nitrogen and oxygen atoms in total. The number of halogens is 1. The number of carbonyl (C=O) groups is 1. The number of ketones is 1. The van der Waals surface area contributed by atoms with E-state index in [-0.39, 0.29) is 10.7 Å². The van der Waals surface area contributed by atoms with Crippen molar-refractivity contribution in [3.63, 3.8) is 0 Å². The number of hydrogen-bond acceptors (Lipinski definition) is 3. The van der Waals surface area contributed by atoms with Gasteiger partial charge in [0.1, 0.15) is 10.7 Å². The molecule has 2 aromatic heterocycles. The topological polar surface area (TPSA) is 34.9 Å². The van der Waals surface area contributed by atoms with Crippen LogP contribution in [0, 0.1) is 5.82 Å². The van der Waals surface area contributed by atoms with E-state index in [9.17, 15) is 9.18 Å². The molecule has 0 bridgehead atoms. The first-order chi connectivity index (χ1) is 7.22. The van der Waals surface area contributed by atoms with Crippen LogP contribution in [0.4, 0.5) is 4.39 Å². The van der Waals surface area contributed by atoms with Crippen molar-refractivity contribution in [3.05, 3.63) is 40.1 Å². The minimum atomic E-state index is -0.464. The molecule has 2 heterocycles. The molecular weight excluding hydrogens is 215 g/mol. The number of hydrogen-bond donors (Lipinski definition) is 0. The molecule has 0 saturated carbocycles. The third kappa shape index (κ3) is 1.83. The van der Waals surface area contributed by atoms with Crippen LogP contribution < -0.4 is 0 Å². The molecule has 0 fully saturated rings. The highest BCUT2D eigenvalue weighted by Crippen LogP contribution is 2.18. The second-order valence-electron chi connectivity index (χ2n) is 3.01. The largest absolute Gasteiger partial charge is 0.287 e. The Morgan fingerprint density at radius 1 is 1.67 bits per heavy atom. The molecule has 2 rings (SSSR count). The van der Waals surface area contributed by atoms with Gasteiger partial charge < -0.3 is 0 Å². The van der Waals surface area contributed by atoms with Crippen LogP contribution >= 0.6 is 11.3 Å². The number of carbonyl (C=O) groups excluding carboxylic acids is 1. The maximum absolute atomic E-state index is 13.1. The van der Waals surface area contributed by atoms with E-state index in [4.69, 9.17) is 0 Å². The first-order valence-corrected chi connectivity index (χ1v) is 5.40. The van der Waals surface area contributed by atoms with Crippen LogP contribution in [0.5, 0.6) is 0 Å². The lowest BCUT2D eigenvalue weighted by atomic mass is 10.2. The Morgan fingerprint density at radius 3 is 3.00 bits per heavy atom. The second-order valence-corrected chi connectivity index (χ2v) is 3.93. The Labute approximate surface area is 90.2 Å². The normalized spacial score (nSPS) is 10.5. The molecule has 0 spiro atoms. The van der Waals surface area contributed by atoms with Gasteiger partial charge in [-0.05, 0) is 18.4 Å². The van der Waals surface area contributed by atoms with E-state index < -0.39 is 5.82 Å². The van der Waals surface area contributed by atoms with Gasteiger partial charge in [-0.3, -0.25) is 9.48 Å².